The monoisotopic (exact) mass is 353 g/mol. The summed E-state index contributed by atoms with van der Waals surface area (Å²) >= 11 is 6.40. The van der Waals surface area contributed by atoms with E-state index in [2.05, 4.69) is 9.88 Å². The molecule has 0 aliphatic rings. The van der Waals surface area contributed by atoms with Gasteiger partial charge in [-0.15, -0.1) is 0 Å². The van der Waals surface area contributed by atoms with Gasteiger partial charge in [-0.3, -0.25) is 4.90 Å². The Bertz CT molecular complexity index is 661. The Morgan fingerprint density at radius 3 is 2.67 bits per heavy atom. The molecule has 2 aromatic rings. The first kappa shape index (κ1) is 18.6. The molecule has 24 heavy (non-hydrogen) atoms. The standard InChI is InChI=1S/C17H24ClN3O3/c1-4-24-17-7-13(15(18)8-16(17)23-3)10-21(5-6-22)11-14-9-19-12-20(14)2/h7-9,12,22H,4-6,10-11H2,1-3H3. The molecule has 0 unspecified atom stereocenters. The molecule has 0 aliphatic carbocycles. The number of aliphatic hydroxyl groups is 1. The molecule has 0 saturated heterocycles. The van der Waals surface area contributed by atoms with E-state index in [1.807, 2.05) is 30.8 Å². The normalized spacial score (nSPS) is 11.1. The molecule has 7 heteroatoms. The third-order valence-electron chi connectivity index (χ3n) is 3.74. The molecule has 0 amide bonds. The zero-order valence-corrected chi connectivity index (χ0v) is 15.1. The maximum absolute atomic E-state index is 9.36. The van der Waals surface area contributed by atoms with Crippen LogP contribution in [0.5, 0.6) is 11.5 Å². The molecule has 6 nitrogen and oxygen atoms in total. The Labute approximate surface area is 147 Å². The van der Waals surface area contributed by atoms with Crippen molar-refractivity contribution < 1.29 is 14.6 Å². The first-order valence-electron chi connectivity index (χ1n) is 7.86. The minimum absolute atomic E-state index is 0.0734. The highest BCUT2D eigenvalue weighted by Crippen LogP contribution is 2.34. The van der Waals surface area contributed by atoms with Crippen molar-refractivity contribution in [1.29, 1.82) is 0 Å². The minimum Gasteiger partial charge on any atom is -0.493 e. The van der Waals surface area contributed by atoms with Gasteiger partial charge in [0.15, 0.2) is 11.5 Å². The van der Waals surface area contributed by atoms with Gasteiger partial charge in [-0.05, 0) is 18.6 Å². The summed E-state index contributed by atoms with van der Waals surface area (Å²) in [6.45, 7) is 4.35. The first-order valence-corrected chi connectivity index (χ1v) is 8.24. The fraction of sp³-hybridized carbons (Fsp3) is 0.471. The summed E-state index contributed by atoms with van der Waals surface area (Å²) in [6.07, 6.45) is 3.59. The number of methoxy groups -OCH3 is 1. The SMILES string of the molecule is CCOc1cc(CN(CCO)Cc2cncn2C)c(Cl)cc1OC. The molecule has 0 fully saturated rings. The molecule has 1 aromatic heterocycles. The molecule has 0 spiro atoms. The molecule has 0 aliphatic heterocycles. The van der Waals surface area contributed by atoms with Crippen molar-refractivity contribution in [2.45, 2.75) is 20.0 Å². The van der Waals surface area contributed by atoms with Gasteiger partial charge in [0.05, 0.1) is 32.3 Å². The number of nitrogens with zero attached hydrogens (tertiary/aromatic N) is 3. The molecular weight excluding hydrogens is 330 g/mol. The lowest BCUT2D eigenvalue weighted by molar-refractivity contribution is 0.181. The van der Waals surface area contributed by atoms with E-state index >= 15 is 0 Å². The molecule has 0 radical (unpaired) electrons. The van der Waals surface area contributed by atoms with Crippen LogP contribution < -0.4 is 9.47 Å². The fourth-order valence-corrected chi connectivity index (χ4v) is 2.70. The molecule has 0 atom stereocenters. The van der Waals surface area contributed by atoms with Gasteiger partial charge >= 0.3 is 0 Å². The largest absolute Gasteiger partial charge is 0.493 e. The Balaban J connectivity index is 2.21. The van der Waals surface area contributed by atoms with E-state index in [-0.39, 0.29) is 6.61 Å². The van der Waals surface area contributed by atoms with Gasteiger partial charge in [0.25, 0.3) is 0 Å². The number of imidazole rings is 1. The van der Waals surface area contributed by atoms with Crippen LogP contribution in [-0.2, 0) is 20.1 Å². The average Bonchev–Trinajstić information content (AvgIpc) is 2.95. The lowest BCUT2D eigenvalue weighted by Crippen LogP contribution is -2.27. The highest BCUT2D eigenvalue weighted by Gasteiger charge is 2.15. The zero-order valence-electron chi connectivity index (χ0n) is 14.3. The topological polar surface area (TPSA) is 59.8 Å². The van der Waals surface area contributed by atoms with Gasteiger partial charge in [-0.25, -0.2) is 4.98 Å². The van der Waals surface area contributed by atoms with Crippen molar-refractivity contribution in [2.75, 3.05) is 26.9 Å². The molecule has 132 valence electrons. The summed E-state index contributed by atoms with van der Waals surface area (Å²) in [5.41, 5.74) is 2.00. The number of hydrogen-bond acceptors (Lipinski definition) is 5. The third kappa shape index (κ3) is 4.63. The van der Waals surface area contributed by atoms with E-state index in [4.69, 9.17) is 21.1 Å². The first-order chi connectivity index (χ1) is 11.6. The van der Waals surface area contributed by atoms with Gasteiger partial charge < -0.3 is 19.1 Å². The molecule has 1 N–H and O–H groups in total. The molecule has 1 aromatic carbocycles. The number of ether oxygens (including phenoxy) is 2. The molecule has 0 bridgehead atoms. The van der Waals surface area contributed by atoms with Gasteiger partial charge in [-0.2, -0.15) is 0 Å². The number of hydrogen-bond donors (Lipinski definition) is 1. The van der Waals surface area contributed by atoms with E-state index in [1.165, 1.54) is 0 Å². The zero-order chi connectivity index (χ0) is 17.5. The van der Waals surface area contributed by atoms with Crippen LogP contribution in [0.1, 0.15) is 18.2 Å². The second-order valence-corrected chi connectivity index (χ2v) is 5.86. The lowest BCUT2D eigenvalue weighted by Gasteiger charge is -2.23. The Hall–Kier alpha value is -1.76. The van der Waals surface area contributed by atoms with Gasteiger partial charge in [-0.1, -0.05) is 11.6 Å². The minimum atomic E-state index is 0.0734. The third-order valence-corrected chi connectivity index (χ3v) is 4.10. The lowest BCUT2D eigenvalue weighted by atomic mass is 10.1. The van der Waals surface area contributed by atoms with Crippen LogP contribution in [0.3, 0.4) is 0 Å². The van der Waals surface area contributed by atoms with Crippen molar-refractivity contribution in [2.24, 2.45) is 7.05 Å². The number of rotatable bonds is 9. The highest BCUT2D eigenvalue weighted by atomic mass is 35.5. The van der Waals surface area contributed by atoms with Crippen molar-refractivity contribution in [3.05, 3.63) is 40.9 Å². The predicted molar refractivity (Wildman–Crippen MR) is 93.6 cm³/mol. The molecule has 1 heterocycles. The van der Waals surface area contributed by atoms with Crippen LogP contribution in [0.25, 0.3) is 0 Å². The number of halogens is 1. The van der Waals surface area contributed by atoms with Crippen LogP contribution in [0.2, 0.25) is 5.02 Å². The Morgan fingerprint density at radius 2 is 2.08 bits per heavy atom. The quantitative estimate of drug-likeness (QED) is 0.750. The van der Waals surface area contributed by atoms with Crippen molar-refractivity contribution in [3.63, 3.8) is 0 Å². The number of aryl methyl sites for hydroxylation is 1. The van der Waals surface area contributed by atoms with E-state index in [0.717, 1.165) is 11.3 Å². The Morgan fingerprint density at radius 1 is 1.29 bits per heavy atom. The highest BCUT2D eigenvalue weighted by molar-refractivity contribution is 6.31. The number of benzene rings is 1. The maximum atomic E-state index is 9.36. The average molecular weight is 354 g/mol. The van der Waals surface area contributed by atoms with Crippen LogP contribution in [0, 0.1) is 0 Å². The van der Waals surface area contributed by atoms with Crippen molar-refractivity contribution in [3.8, 4) is 11.5 Å². The molecule has 0 saturated carbocycles. The fourth-order valence-electron chi connectivity index (χ4n) is 2.49. The van der Waals surface area contributed by atoms with Gasteiger partial charge in [0.2, 0.25) is 0 Å². The molecule has 2 rings (SSSR count). The van der Waals surface area contributed by atoms with E-state index in [1.54, 1.807) is 19.5 Å². The predicted octanol–water partition coefficient (Wildman–Crippen LogP) is 2.48. The summed E-state index contributed by atoms with van der Waals surface area (Å²) in [5.74, 6) is 1.29. The van der Waals surface area contributed by atoms with Crippen LogP contribution in [0.4, 0.5) is 0 Å². The van der Waals surface area contributed by atoms with Crippen LogP contribution in [-0.4, -0.2) is 46.4 Å². The number of aromatic nitrogens is 2. The molecular formula is C17H24ClN3O3. The van der Waals surface area contributed by atoms with E-state index in [0.29, 0.717) is 42.8 Å². The van der Waals surface area contributed by atoms with Gasteiger partial charge in [0, 0.05) is 44.0 Å². The summed E-state index contributed by atoms with van der Waals surface area (Å²) in [7, 11) is 3.54. The van der Waals surface area contributed by atoms with Crippen LogP contribution >= 0.6 is 11.6 Å². The van der Waals surface area contributed by atoms with Crippen LogP contribution in [0.15, 0.2) is 24.7 Å². The van der Waals surface area contributed by atoms with Crippen molar-refractivity contribution >= 4 is 11.6 Å². The summed E-state index contributed by atoms with van der Waals surface area (Å²) in [4.78, 5) is 6.24. The summed E-state index contributed by atoms with van der Waals surface area (Å²) in [5, 5.41) is 9.98. The van der Waals surface area contributed by atoms with Crippen molar-refractivity contribution in [1.82, 2.24) is 14.5 Å². The number of aliphatic hydroxyl groups excluding tert-OH is 1. The summed E-state index contributed by atoms with van der Waals surface area (Å²) < 4.78 is 12.9. The second-order valence-electron chi connectivity index (χ2n) is 5.46. The van der Waals surface area contributed by atoms with Gasteiger partial charge in [0.1, 0.15) is 0 Å². The van der Waals surface area contributed by atoms with E-state index in [9.17, 15) is 5.11 Å². The smallest absolute Gasteiger partial charge is 0.162 e. The van der Waals surface area contributed by atoms with E-state index < -0.39 is 0 Å². The summed E-state index contributed by atoms with van der Waals surface area (Å²) in [6, 6.07) is 3.67. The maximum Gasteiger partial charge on any atom is 0.162 e. The Kier molecular flexibility index (Phi) is 6.90. The second kappa shape index (κ2) is 8.92.